The summed E-state index contributed by atoms with van der Waals surface area (Å²) in [5.74, 6) is 0.172. The number of hydrogen-bond acceptors (Lipinski definition) is 4. The molecule has 6 heteroatoms. The van der Waals surface area contributed by atoms with Crippen LogP contribution in [0.15, 0.2) is 24.4 Å². The van der Waals surface area contributed by atoms with Gasteiger partial charge in [0.1, 0.15) is 17.2 Å². The number of carbonyl (C=O) groups is 1. The highest BCUT2D eigenvalue weighted by atomic mass is 16.4. The molecule has 1 fully saturated rings. The Balaban J connectivity index is 2.00. The number of aromatic nitrogens is 3. The Kier molecular flexibility index (Phi) is 4.30. The summed E-state index contributed by atoms with van der Waals surface area (Å²) in [6, 6.07) is 5.56. The highest BCUT2D eigenvalue weighted by Gasteiger charge is 2.26. The van der Waals surface area contributed by atoms with Gasteiger partial charge in [0.2, 0.25) is 0 Å². The third-order valence-corrected chi connectivity index (χ3v) is 4.46. The highest BCUT2D eigenvalue weighted by molar-refractivity contribution is 5.93. The summed E-state index contributed by atoms with van der Waals surface area (Å²) in [6.07, 6.45) is 6.22. The lowest BCUT2D eigenvalue weighted by Crippen LogP contribution is -2.15. The first kappa shape index (κ1) is 16.5. The smallest absolute Gasteiger partial charge is 0.339 e. The first-order chi connectivity index (χ1) is 11.4. The molecule has 1 aliphatic carbocycles. The summed E-state index contributed by atoms with van der Waals surface area (Å²) < 4.78 is 2.02. The van der Waals surface area contributed by atoms with Gasteiger partial charge in [-0.1, -0.05) is 33.6 Å². The zero-order valence-electron chi connectivity index (χ0n) is 14.4. The summed E-state index contributed by atoms with van der Waals surface area (Å²) >= 11 is 0. The van der Waals surface area contributed by atoms with Crippen LogP contribution in [-0.4, -0.2) is 25.8 Å². The number of carboxylic acid groups (broad SMARTS) is 1. The van der Waals surface area contributed by atoms with E-state index in [2.05, 4.69) is 31.1 Å². The quantitative estimate of drug-likeness (QED) is 0.882. The van der Waals surface area contributed by atoms with Gasteiger partial charge in [0.05, 0.1) is 11.7 Å². The van der Waals surface area contributed by atoms with Gasteiger partial charge in [-0.25, -0.2) is 14.5 Å². The van der Waals surface area contributed by atoms with Crippen LogP contribution in [0.25, 0.3) is 0 Å². The second-order valence-electron chi connectivity index (χ2n) is 7.38. The van der Waals surface area contributed by atoms with E-state index in [4.69, 9.17) is 5.10 Å². The summed E-state index contributed by atoms with van der Waals surface area (Å²) in [7, 11) is 0. The van der Waals surface area contributed by atoms with Gasteiger partial charge in [-0.2, -0.15) is 5.10 Å². The molecule has 2 aromatic heterocycles. The molecule has 0 spiro atoms. The van der Waals surface area contributed by atoms with Gasteiger partial charge in [0.25, 0.3) is 0 Å². The van der Waals surface area contributed by atoms with E-state index in [0.717, 1.165) is 24.4 Å². The molecule has 0 aliphatic heterocycles. The van der Waals surface area contributed by atoms with E-state index in [1.807, 2.05) is 10.7 Å². The van der Waals surface area contributed by atoms with Crippen LogP contribution in [0.2, 0.25) is 0 Å². The first-order valence-corrected chi connectivity index (χ1v) is 8.41. The highest BCUT2D eigenvalue weighted by Crippen LogP contribution is 2.35. The summed E-state index contributed by atoms with van der Waals surface area (Å²) in [5.41, 5.74) is 1.08. The summed E-state index contributed by atoms with van der Waals surface area (Å²) in [6.45, 7) is 6.38. The van der Waals surface area contributed by atoms with Crippen molar-refractivity contribution in [1.29, 1.82) is 0 Å². The van der Waals surface area contributed by atoms with Crippen molar-refractivity contribution >= 4 is 17.6 Å². The molecule has 0 aromatic carbocycles. The van der Waals surface area contributed by atoms with Crippen molar-refractivity contribution in [3.05, 3.63) is 35.7 Å². The number of pyridine rings is 1. The van der Waals surface area contributed by atoms with Gasteiger partial charge in [-0.05, 0) is 25.0 Å². The van der Waals surface area contributed by atoms with Gasteiger partial charge < -0.3 is 10.4 Å². The average molecular weight is 328 g/mol. The van der Waals surface area contributed by atoms with E-state index in [-0.39, 0.29) is 11.0 Å². The molecule has 0 radical (unpaired) electrons. The van der Waals surface area contributed by atoms with Crippen LogP contribution in [0.5, 0.6) is 0 Å². The Hall–Kier alpha value is -2.37. The SMILES string of the molecule is CC(C)(C)c1cc(Nc2ncccc2C(=O)O)n(C2CCCC2)n1. The van der Waals surface area contributed by atoms with E-state index < -0.39 is 5.97 Å². The number of rotatable bonds is 4. The van der Waals surface area contributed by atoms with Crippen molar-refractivity contribution in [2.75, 3.05) is 5.32 Å². The molecule has 0 saturated heterocycles. The van der Waals surface area contributed by atoms with Gasteiger partial charge in [0, 0.05) is 17.7 Å². The van der Waals surface area contributed by atoms with Crippen LogP contribution in [0.3, 0.4) is 0 Å². The van der Waals surface area contributed by atoms with Crippen LogP contribution in [0.4, 0.5) is 11.6 Å². The molecule has 1 aliphatic rings. The van der Waals surface area contributed by atoms with Gasteiger partial charge in [0.15, 0.2) is 0 Å². The van der Waals surface area contributed by atoms with Crippen LogP contribution in [0, 0.1) is 0 Å². The van der Waals surface area contributed by atoms with Crippen LogP contribution < -0.4 is 5.32 Å². The maximum atomic E-state index is 11.4. The van der Waals surface area contributed by atoms with Crippen molar-refractivity contribution in [3.8, 4) is 0 Å². The Morgan fingerprint density at radius 3 is 2.67 bits per heavy atom. The largest absolute Gasteiger partial charge is 0.478 e. The standard InChI is InChI=1S/C18H24N4O2/c1-18(2,3)14-11-15(22(21-14)12-7-4-5-8-12)20-16-13(17(23)24)9-6-10-19-16/h6,9-12H,4-5,7-8H2,1-3H3,(H,19,20)(H,23,24). The van der Waals surface area contributed by atoms with E-state index in [0.29, 0.717) is 11.9 Å². The minimum atomic E-state index is -0.992. The monoisotopic (exact) mass is 328 g/mol. The van der Waals surface area contributed by atoms with Gasteiger partial charge >= 0.3 is 5.97 Å². The number of hydrogen-bond donors (Lipinski definition) is 2. The molecule has 0 bridgehead atoms. The second-order valence-corrected chi connectivity index (χ2v) is 7.38. The van der Waals surface area contributed by atoms with Crippen LogP contribution >= 0.6 is 0 Å². The third kappa shape index (κ3) is 3.27. The van der Waals surface area contributed by atoms with E-state index in [1.54, 1.807) is 18.3 Å². The molecular weight excluding hydrogens is 304 g/mol. The molecule has 1 saturated carbocycles. The van der Waals surface area contributed by atoms with Crippen LogP contribution in [-0.2, 0) is 5.41 Å². The molecule has 24 heavy (non-hydrogen) atoms. The van der Waals surface area contributed by atoms with E-state index in [1.165, 1.54) is 12.8 Å². The van der Waals surface area contributed by atoms with Crippen molar-refractivity contribution < 1.29 is 9.90 Å². The Morgan fingerprint density at radius 2 is 2.04 bits per heavy atom. The first-order valence-electron chi connectivity index (χ1n) is 8.41. The molecule has 3 rings (SSSR count). The maximum absolute atomic E-state index is 11.4. The normalized spacial score (nSPS) is 15.6. The Morgan fingerprint density at radius 1 is 1.33 bits per heavy atom. The fraction of sp³-hybridized carbons (Fsp3) is 0.500. The zero-order chi connectivity index (χ0) is 17.3. The number of nitrogens with zero attached hydrogens (tertiary/aromatic N) is 3. The van der Waals surface area contributed by atoms with Crippen molar-refractivity contribution in [3.63, 3.8) is 0 Å². The van der Waals surface area contributed by atoms with E-state index >= 15 is 0 Å². The molecular formula is C18H24N4O2. The average Bonchev–Trinajstić information content (AvgIpc) is 3.15. The third-order valence-electron chi connectivity index (χ3n) is 4.46. The number of carboxylic acids is 1. The van der Waals surface area contributed by atoms with E-state index in [9.17, 15) is 9.90 Å². The number of aromatic carboxylic acids is 1. The predicted octanol–water partition coefficient (Wildman–Crippen LogP) is 4.13. The predicted molar refractivity (Wildman–Crippen MR) is 92.9 cm³/mol. The Labute approximate surface area is 141 Å². The molecule has 2 aromatic rings. The molecule has 2 heterocycles. The maximum Gasteiger partial charge on any atom is 0.339 e. The molecule has 0 amide bonds. The van der Waals surface area contributed by atoms with Crippen molar-refractivity contribution in [2.45, 2.75) is 57.9 Å². The number of anilines is 2. The fourth-order valence-electron chi connectivity index (χ4n) is 3.08. The minimum Gasteiger partial charge on any atom is -0.478 e. The summed E-state index contributed by atoms with van der Waals surface area (Å²) in [4.78, 5) is 15.6. The lowest BCUT2D eigenvalue weighted by Gasteiger charge is -2.16. The molecule has 0 unspecified atom stereocenters. The zero-order valence-corrected chi connectivity index (χ0v) is 14.4. The van der Waals surface area contributed by atoms with Crippen LogP contribution in [0.1, 0.15) is 68.5 Å². The minimum absolute atomic E-state index is 0.0694. The molecule has 2 N–H and O–H groups in total. The topological polar surface area (TPSA) is 80.0 Å². The molecule has 6 nitrogen and oxygen atoms in total. The lowest BCUT2D eigenvalue weighted by atomic mass is 9.92. The summed E-state index contributed by atoms with van der Waals surface area (Å²) in [5, 5.41) is 17.4. The van der Waals surface area contributed by atoms with Gasteiger partial charge in [-0.15, -0.1) is 0 Å². The number of nitrogens with one attached hydrogen (secondary N) is 1. The molecule has 0 atom stereocenters. The van der Waals surface area contributed by atoms with Crippen molar-refractivity contribution in [2.24, 2.45) is 0 Å². The Bertz CT molecular complexity index is 740. The fourth-order valence-corrected chi connectivity index (χ4v) is 3.08. The van der Waals surface area contributed by atoms with Gasteiger partial charge in [-0.3, -0.25) is 0 Å². The molecule has 128 valence electrons. The van der Waals surface area contributed by atoms with Crippen molar-refractivity contribution in [1.82, 2.24) is 14.8 Å². The lowest BCUT2D eigenvalue weighted by molar-refractivity contribution is 0.0697. The second kappa shape index (κ2) is 6.26.